The molecule has 0 saturated heterocycles. The Bertz CT molecular complexity index is 274. The molecule has 10 nitrogen and oxygen atoms in total. The molecule has 0 aromatic rings. The van der Waals surface area contributed by atoms with Gasteiger partial charge in [-0.1, -0.05) is 12.2 Å². The molecule has 0 aliphatic carbocycles. The summed E-state index contributed by atoms with van der Waals surface area (Å²) in [4.78, 5) is 21.5. The van der Waals surface area contributed by atoms with Crippen LogP contribution in [0.3, 0.4) is 0 Å². The quantitative estimate of drug-likeness (QED) is 0.204. The number of carbonyl (C=O) groups is 2. The minimum atomic E-state index is -1.50. The number of carboxylic acid groups (broad SMARTS) is 2. The summed E-state index contributed by atoms with van der Waals surface area (Å²) in [7, 11) is 0. The first-order chi connectivity index (χ1) is 9.29. The molecule has 21 heavy (non-hydrogen) atoms. The van der Waals surface area contributed by atoms with Crippen molar-refractivity contribution in [3.05, 3.63) is 0 Å². The Kier molecular flexibility index (Phi) is 19.6. The maximum absolute atomic E-state index is 10.2. The smallest absolute Gasteiger partial charge is 0.548 e. The topological polar surface area (TPSA) is 165 Å². The zero-order chi connectivity index (χ0) is 16.1. The summed E-state index contributed by atoms with van der Waals surface area (Å²) in [6, 6.07) is -1.33. The third kappa shape index (κ3) is 15.9. The van der Waals surface area contributed by atoms with Crippen molar-refractivity contribution in [2.45, 2.75) is 19.4 Å². The van der Waals surface area contributed by atoms with E-state index in [-0.39, 0.29) is 74.1 Å². The summed E-state index contributed by atoms with van der Waals surface area (Å²) in [6.07, 6.45) is 0.0926. The molecule has 0 amide bonds. The fourth-order valence-electron chi connectivity index (χ4n) is 1.17. The van der Waals surface area contributed by atoms with Crippen LogP contribution in [0.4, 0.5) is 0 Å². The second-order valence-corrected chi connectivity index (χ2v) is 3.68. The Morgan fingerprint density at radius 2 is 1.57 bits per heavy atom. The normalized spacial score (nSPS) is 11.4. The molecule has 0 aliphatic rings. The zero-order valence-corrected chi connectivity index (χ0v) is 14.2. The molecule has 0 aromatic carbocycles. The number of carboxylic acids is 2. The van der Waals surface area contributed by atoms with Gasteiger partial charge in [0.1, 0.15) is 6.04 Å². The second-order valence-electron chi connectivity index (χ2n) is 3.68. The van der Waals surface area contributed by atoms with Gasteiger partial charge in [-0.25, -0.2) is 0 Å². The first-order valence-corrected chi connectivity index (χ1v) is 5.83. The monoisotopic (exact) mass is 320 g/mol. The average Bonchev–Trinajstić information content (AvgIpc) is 2.29. The molecule has 0 saturated carbocycles. The van der Waals surface area contributed by atoms with Crippen LogP contribution >= 0.6 is 0 Å². The number of rotatable bonds is 9. The van der Waals surface area contributed by atoms with Gasteiger partial charge in [0, 0.05) is 13.1 Å². The number of hydrogen-bond donors (Lipinski definition) is 5. The maximum atomic E-state index is 10.2. The number of nitrogens with zero attached hydrogens (tertiary/aromatic N) is 2. The fourth-order valence-corrected chi connectivity index (χ4v) is 1.17. The summed E-state index contributed by atoms with van der Waals surface area (Å²) in [6.45, 7) is 1.75. The van der Waals surface area contributed by atoms with Crippen LogP contribution in [0.25, 0.3) is 0 Å². The van der Waals surface area contributed by atoms with Gasteiger partial charge in [0.15, 0.2) is 0 Å². The number of hydrogen-bond acceptors (Lipinski definition) is 9. The van der Waals surface area contributed by atoms with Crippen molar-refractivity contribution in [3.8, 4) is 0 Å². The molecule has 0 aromatic heterocycles. The molecule has 0 fully saturated rings. The largest absolute Gasteiger partial charge is 1.00 e. The Morgan fingerprint density at radius 1 is 1.14 bits per heavy atom. The van der Waals surface area contributed by atoms with Gasteiger partial charge in [0.25, 0.3) is 0 Å². The number of aliphatic hydroxyl groups is 2. The molecule has 0 heterocycles. The predicted molar refractivity (Wildman–Crippen MR) is 62.7 cm³/mol. The van der Waals surface area contributed by atoms with E-state index < -0.39 is 18.0 Å². The van der Waals surface area contributed by atoms with E-state index in [1.54, 1.807) is 0 Å². The van der Waals surface area contributed by atoms with Gasteiger partial charge in [-0.05, 0) is 6.42 Å². The Labute approximate surface area is 144 Å². The fraction of sp³-hybridized carbons (Fsp3) is 0.800. The van der Waals surface area contributed by atoms with Crippen LogP contribution in [0.2, 0.25) is 0 Å². The van der Waals surface area contributed by atoms with E-state index in [2.05, 4.69) is 0 Å². The number of hydroxylamine groups is 2. The van der Waals surface area contributed by atoms with Gasteiger partial charge in [-0.15, -0.1) is 0 Å². The second kappa shape index (κ2) is 16.1. The summed E-state index contributed by atoms with van der Waals surface area (Å²) in [5.74, 6) is -2.45. The molecule has 0 aliphatic heterocycles. The Hall–Kier alpha value is -0.300. The molecule has 0 rings (SSSR count). The van der Waals surface area contributed by atoms with Crippen LogP contribution in [0.15, 0.2) is 0 Å². The zero-order valence-electron chi connectivity index (χ0n) is 12.2. The van der Waals surface area contributed by atoms with E-state index in [0.29, 0.717) is 0 Å². The summed E-state index contributed by atoms with van der Waals surface area (Å²) in [5, 5.41) is 51.1. The van der Waals surface area contributed by atoms with Crippen LogP contribution in [-0.4, -0.2) is 86.7 Å². The maximum Gasteiger partial charge on any atom is 1.00 e. The van der Waals surface area contributed by atoms with Crippen LogP contribution in [0.5, 0.6) is 0 Å². The molecule has 0 radical (unpaired) electrons. The van der Waals surface area contributed by atoms with Gasteiger partial charge < -0.3 is 25.2 Å². The SMILES string of the molecule is CCC(C(=O)[O-])N(O)O.O=C(O)CN(CCO)CCO.[Na+]. The Morgan fingerprint density at radius 3 is 1.71 bits per heavy atom. The van der Waals surface area contributed by atoms with Crippen LogP contribution in [-0.2, 0) is 9.59 Å². The third-order valence-corrected chi connectivity index (χ3v) is 2.13. The van der Waals surface area contributed by atoms with Crippen LogP contribution < -0.4 is 34.7 Å². The molecule has 1 atom stereocenters. The van der Waals surface area contributed by atoms with Crippen molar-refractivity contribution >= 4 is 11.9 Å². The molecular weight excluding hydrogens is 299 g/mol. The minimum absolute atomic E-state index is 0. The van der Waals surface area contributed by atoms with Gasteiger partial charge in [0.05, 0.1) is 25.7 Å². The minimum Gasteiger partial charge on any atom is -0.548 e. The van der Waals surface area contributed by atoms with Crippen LogP contribution in [0, 0.1) is 0 Å². The van der Waals surface area contributed by atoms with Crippen molar-refractivity contribution < 1.29 is 70.0 Å². The van der Waals surface area contributed by atoms with Crippen molar-refractivity contribution in [1.29, 1.82) is 0 Å². The van der Waals surface area contributed by atoms with Crippen LogP contribution in [0.1, 0.15) is 13.3 Å². The molecule has 120 valence electrons. The molecule has 0 spiro atoms. The molecular formula is C10H21N2NaO8. The van der Waals surface area contributed by atoms with E-state index in [1.165, 1.54) is 11.8 Å². The van der Waals surface area contributed by atoms with E-state index >= 15 is 0 Å². The van der Waals surface area contributed by atoms with Crippen molar-refractivity contribution in [1.82, 2.24) is 10.1 Å². The van der Waals surface area contributed by atoms with Gasteiger partial charge in [-0.3, -0.25) is 20.1 Å². The van der Waals surface area contributed by atoms with Crippen molar-refractivity contribution in [2.75, 3.05) is 32.8 Å². The van der Waals surface area contributed by atoms with Crippen molar-refractivity contribution in [2.24, 2.45) is 0 Å². The van der Waals surface area contributed by atoms with Gasteiger partial charge in [-0.2, -0.15) is 0 Å². The van der Waals surface area contributed by atoms with E-state index in [4.69, 9.17) is 25.7 Å². The molecule has 11 heteroatoms. The summed E-state index contributed by atoms with van der Waals surface area (Å²) >= 11 is 0. The number of aliphatic carboxylic acids is 2. The predicted octanol–water partition coefficient (Wildman–Crippen LogP) is -6.04. The summed E-state index contributed by atoms with van der Waals surface area (Å²) < 4.78 is 0. The first kappa shape index (κ1) is 25.6. The third-order valence-electron chi connectivity index (χ3n) is 2.13. The first-order valence-electron chi connectivity index (χ1n) is 5.83. The van der Waals surface area contributed by atoms with Crippen molar-refractivity contribution in [3.63, 3.8) is 0 Å². The number of aliphatic hydroxyl groups excluding tert-OH is 2. The van der Waals surface area contributed by atoms with E-state index in [1.807, 2.05) is 0 Å². The van der Waals surface area contributed by atoms with E-state index in [0.717, 1.165) is 0 Å². The standard InChI is InChI=1S/C6H13NO4.C4H9NO4.Na/c8-3-1-7(2-4-9)5-6(10)11;1-2-3(4(6)7)5(8)9;/h8-9H,1-5H2,(H,10,11);3,8-9H,2H2,1H3,(H,6,7);/q;;+1/p-1. The molecule has 5 N–H and O–H groups in total. The average molecular weight is 320 g/mol. The number of carbonyl (C=O) groups excluding carboxylic acids is 1. The molecule has 1 unspecified atom stereocenters. The Balaban J connectivity index is -0.000000300. The van der Waals surface area contributed by atoms with E-state index in [9.17, 15) is 14.7 Å². The summed E-state index contributed by atoms with van der Waals surface area (Å²) in [5.41, 5.74) is 0. The van der Waals surface area contributed by atoms with Gasteiger partial charge in [0.2, 0.25) is 0 Å². The molecule has 0 bridgehead atoms. The van der Waals surface area contributed by atoms with Gasteiger partial charge >= 0.3 is 35.5 Å².